The second kappa shape index (κ2) is 4.22. The van der Waals surface area contributed by atoms with E-state index in [1.807, 2.05) is 0 Å². The van der Waals surface area contributed by atoms with Crippen LogP contribution in [-0.4, -0.2) is 9.97 Å². The molecule has 0 radical (unpaired) electrons. The van der Waals surface area contributed by atoms with Gasteiger partial charge in [-0.1, -0.05) is 18.2 Å². The van der Waals surface area contributed by atoms with Crippen LogP contribution in [0.1, 0.15) is 12.0 Å². The number of alkyl halides is 2. The second-order valence-corrected chi connectivity index (χ2v) is 3.19. The summed E-state index contributed by atoms with van der Waals surface area (Å²) in [5.74, 6) is 0. The second-order valence-electron chi connectivity index (χ2n) is 3.19. The molecule has 0 atom stereocenters. The predicted molar refractivity (Wildman–Crippen MR) is 55.3 cm³/mol. The van der Waals surface area contributed by atoms with E-state index in [1.54, 1.807) is 6.07 Å². The van der Waals surface area contributed by atoms with Crippen molar-refractivity contribution >= 4 is 0 Å². The molecule has 0 aliphatic carbocycles. The Morgan fingerprint density at radius 2 is 2.12 bits per heavy atom. The number of rotatable bonds is 2. The van der Waals surface area contributed by atoms with Gasteiger partial charge in [-0.15, -0.1) is 0 Å². The Balaban J connectivity index is 2.53. The van der Waals surface area contributed by atoms with E-state index < -0.39 is 12.0 Å². The van der Waals surface area contributed by atoms with Gasteiger partial charge in [0, 0.05) is 23.5 Å². The van der Waals surface area contributed by atoms with Crippen LogP contribution in [0.5, 0.6) is 0 Å². The Hall–Kier alpha value is -2.04. The molecule has 16 heavy (non-hydrogen) atoms. The number of H-pyrrole nitrogens is 1. The molecule has 0 aliphatic rings. The molecule has 1 N–H and O–H groups in total. The number of hydrogen-bond donors (Lipinski definition) is 1. The van der Waals surface area contributed by atoms with Crippen molar-refractivity contribution in [3.8, 4) is 11.3 Å². The quantitative estimate of drug-likeness (QED) is 0.847. The van der Waals surface area contributed by atoms with Crippen LogP contribution in [0.3, 0.4) is 0 Å². The van der Waals surface area contributed by atoms with Gasteiger partial charge in [0.1, 0.15) is 5.69 Å². The van der Waals surface area contributed by atoms with Gasteiger partial charge >= 0.3 is 0 Å². The van der Waals surface area contributed by atoms with Crippen molar-refractivity contribution in [2.75, 3.05) is 0 Å². The van der Waals surface area contributed by atoms with Crippen molar-refractivity contribution in [2.24, 2.45) is 0 Å². The van der Waals surface area contributed by atoms with E-state index in [2.05, 4.69) is 9.97 Å². The predicted octanol–water partition coefficient (Wildman–Crippen LogP) is 2.37. The number of benzene rings is 1. The first kappa shape index (κ1) is 10.5. The van der Waals surface area contributed by atoms with Crippen molar-refractivity contribution in [1.82, 2.24) is 9.97 Å². The zero-order chi connectivity index (χ0) is 11.5. The van der Waals surface area contributed by atoms with Gasteiger partial charge in [0.2, 0.25) is 0 Å². The molecule has 0 saturated carbocycles. The lowest BCUT2D eigenvalue weighted by molar-refractivity contribution is 0.151. The van der Waals surface area contributed by atoms with E-state index >= 15 is 0 Å². The molecule has 1 aromatic heterocycles. The van der Waals surface area contributed by atoms with E-state index in [9.17, 15) is 13.6 Å². The average Bonchev–Trinajstić information content (AvgIpc) is 2.30. The minimum atomic E-state index is -2.55. The fraction of sp³-hybridized carbons (Fsp3) is 0.0909. The first-order valence-electron chi connectivity index (χ1n) is 4.60. The summed E-state index contributed by atoms with van der Waals surface area (Å²) in [5, 5.41) is 0. The number of nitrogens with zero attached hydrogens (tertiary/aromatic N) is 1. The van der Waals surface area contributed by atoms with Crippen molar-refractivity contribution in [2.45, 2.75) is 6.43 Å². The van der Waals surface area contributed by atoms with Gasteiger partial charge < -0.3 is 4.98 Å². The third kappa shape index (κ3) is 1.98. The van der Waals surface area contributed by atoms with E-state index in [0.717, 1.165) is 0 Å². The summed E-state index contributed by atoms with van der Waals surface area (Å²) >= 11 is 0. The minimum Gasteiger partial charge on any atom is -0.326 e. The molecule has 1 heterocycles. The summed E-state index contributed by atoms with van der Waals surface area (Å²) in [6.07, 6.45) is 0.247. The summed E-state index contributed by atoms with van der Waals surface area (Å²) in [6.45, 7) is 0. The summed E-state index contributed by atoms with van der Waals surface area (Å²) in [7, 11) is 0. The van der Waals surface area contributed by atoms with Crippen LogP contribution in [0.25, 0.3) is 11.3 Å². The highest BCUT2D eigenvalue weighted by Gasteiger charge is 2.10. The molecule has 82 valence electrons. The Morgan fingerprint density at radius 1 is 1.31 bits per heavy atom. The zero-order valence-corrected chi connectivity index (χ0v) is 8.15. The lowest BCUT2D eigenvalue weighted by atomic mass is 10.1. The number of nitrogens with one attached hydrogen (secondary N) is 1. The normalized spacial score (nSPS) is 10.7. The first-order valence-corrected chi connectivity index (χ1v) is 4.60. The van der Waals surface area contributed by atoms with Crippen LogP contribution < -0.4 is 5.56 Å². The molecule has 0 spiro atoms. The number of aromatic nitrogens is 2. The third-order valence-corrected chi connectivity index (χ3v) is 2.12. The highest BCUT2D eigenvalue weighted by Crippen LogP contribution is 2.22. The summed E-state index contributed by atoms with van der Waals surface area (Å²) < 4.78 is 24.9. The lowest BCUT2D eigenvalue weighted by Gasteiger charge is -2.02. The smallest absolute Gasteiger partial charge is 0.274 e. The molecule has 0 bridgehead atoms. The van der Waals surface area contributed by atoms with Crippen LogP contribution in [0.4, 0.5) is 8.78 Å². The molecule has 0 amide bonds. The standard InChI is InChI=1S/C11H8F2N2O/c12-10(13)8-3-1-2-7(6-8)9-11(16)15-5-4-14-9/h1-6,10H,(H,15,16). The molecular weight excluding hydrogens is 214 g/mol. The maximum Gasteiger partial charge on any atom is 0.274 e. The van der Waals surface area contributed by atoms with Crippen LogP contribution in [-0.2, 0) is 0 Å². The maximum atomic E-state index is 12.5. The van der Waals surface area contributed by atoms with Crippen LogP contribution in [0.15, 0.2) is 41.5 Å². The number of aromatic amines is 1. The Bertz CT molecular complexity index is 551. The summed E-state index contributed by atoms with van der Waals surface area (Å²) in [5.41, 5.74) is 0.0149. The Morgan fingerprint density at radius 3 is 2.81 bits per heavy atom. The maximum absolute atomic E-state index is 12.5. The van der Waals surface area contributed by atoms with E-state index in [1.165, 1.54) is 30.6 Å². The average molecular weight is 222 g/mol. The van der Waals surface area contributed by atoms with Gasteiger partial charge in [0.15, 0.2) is 0 Å². The molecule has 3 nitrogen and oxygen atoms in total. The van der Waals surface area contributed by atoms with Crippen molar-refractivity contribution < 1.29 is 8.78 Å². The Labute approximate surface area is 89.8 Å². The number of halogens is 2. The van der Waals surface area contributed by atoms with Gasteiger partial charge in [0.25, 0.3) is 12.0 Å². The molecule has 1 aromatic carbocycles. The van der Waals surface area contributed by atoms with E-state index in [0.29, 0.717) is 5.56 Å². The zero-order valence-electron chi connectivity index (χ0n) is 8.15. The fourth-order valence-corrected chi connectivity index (χ4v) is 1.38. The van der Waals surface area contributed by atoms with Gasteiger partial charge in [-0.05, 0) is 6.07 Å². The van der Waals surface area contributed by atoms with Crippen LogP contribution >= 0.6 is 0 Å². The van der Waals surface area contributed by atoms with Gasteiger partial charge in [-0.25, -0.2) is 13.8 Å². The fourth-order valence-electron chi connectivity index (χ4n) is 1.38. The highest BCUT2D eigenvalue weighted by molar-refractivity contribution is 5.58. The molecule has 0 aliphatic heterocycles. The van der Waals surface area contributed by atoms with Crippen molar-refractivity contribution in [3.05, 3.63) is 52.6 Å². The van der Waals surface area contributed by atoms with E-state index in [4.69, 9.17) is 0 Å². The third-order valence-electron chi connectivity index (χ3n) is 2.12. The molecule has 0 saturated heterocycles. The molecule has 0 fully saturated rings. The summed E-state index contributed by atoms with van der Waals surface area (Å²) in [6, 6.07) is 5.63. The molecular formula is C11H8F2N2O. The van der Waals surface area contributed by atoms with Gasteiger partial charge in [-0.3, -0.25) is 4.79 Å². The topological polar surface area (TPSA) is 45.8 Å². The largest absolute Gasteiger partial charge is 0.326 e. The molecule has 2 aromatic rings. The monoisotopic (exact) mass is 222 g/mol. The van der Waals surface area contributed by atoms with Crippen LogP contribution in [0.2, 0.25) is 0 Å². The minimum absolute atomic E-state index is 0.123. The summed E-state index contributed by atoms with van der Waals surface area (Å²) in [4.78, 5) is 17.7. The number of hydrogen-bond acceptors (Lipinski definition) is 2. The highest BCUT2D eigenvalue weighted by atomic mass is 19.3. The first-order chi connectivity index (χ1) is 7.68. The molecule has 5 heteroatoms. The molecule has 2 rings (SSSR count). The van der Waals surface area contributed by atoms with Gasteiger partial charge in [-0.2, -0.15) is 0 Å². The van der Waals surface area contributed by atoms with E-state index in [-0.39, 0.29) is 11.3 Å². The Kier molecular flexibility index (Phi) is 2.76. The van der Waals surface area contributed by atoms with Crippen molar-refractivity contribution in [1.29, 1.82) is 0 Å². The lowest BCUT2D eigenvalue weighted by Crippen LogP contribution is -2.09. The van der Waals surface area contributed by atoms with Crippen molar-refractivity contribution in [3.63, 3.8) is 0 Å². The van der Waals surface area contributed by atoms with Gasteiger partial charge in [0.05, 0.1) is 0 Å². The molecule has 0 unspecified atom stereocenters. The SMILES string of the molecule is O=c1[nH]ccnc1-c1cccc(C(F)F)c1. The van der Waals surface area contributed by atoms with Crippen LogP contribution in [0, 0.1) is 0 Å².